The van der Waals surface area contributed by atoms with E-state index in [1.807, 2.05) is 36.4 Å². The highest BCUT2D eigenvalue weighted by Gasteiger charge is 2.29. The first-order valence-corrected chi connectivity index (χ1v) is 9.23. The average molecular weight is 353 g/mol. The molecule has 0 saturated heterocycles. The molecule has 1 aliphatic rings. The van der Waals surface area contributed by atoms with Crippen molar-refractivity contribution < 1.29 is 4.79 Å². The number of aromatic nitrogens is 4. The van der Waals surface area contributed by atoms with Crippen molar-refractivity contribution in [1.82, 2.24) is 20.0 Å². The Morgan fingerprint density at radius 1 is 1.24 bits per heavy atom. The molecule has 25 heavy (non-hydrogen) atoms. The molecule has 0 spiro atoms. The Kier molecular flexibility index (Phi) is 4.09. The second-order valence-electron chi connectivity index (χ2n) is 6.53. The van der Waals surface area contributed by atoms with Gasteiger partial charge < -0.3 is 0 Å². The molecule has 2 heterocycles. The van der Waals surface area contributed by atoms with Crippen molar-refractivity contribution in [1.29, 1.82) is 0 Å². The number of benzene rings is 1. The summed E-state index contributed by atoms with van der Waals surface area (Å²) in [6.07, 6.45) is 2.28. The van der Waals surface area contributed by atoms with E-state index in [0.29, 0.717) is 22.7 Å². The number of amides is 1. The maximum atomic E-state index is 12.8. The number of hydrogen-bond acceptors (Lipinski definition) is 5. The van der Waals surface area contributed by atoms with Crippen molar-refractivity contribution >= 4 is 22.4 Å². The quantitative estimate of drug-likeness (QED) is 0.753. The van der Waals surface area contributed by atoms with E-state index in [0.717, 1.165) is 29.2 Å². The van der Waals surface area contributed by atoms with Crippen molar-refractivity contribution in [3.05, 3.63) is 52.8 Å². The number of para-hydroxylation sites is 1. The van der Waals surface area contributed by atoms with Crippen molar-refractivity contribution in [3.8, 4) is 5.69 Å². The van der Waals surface area contributed by atoms with E-state index in [4.69, 9.17) is 0 Å². The number of rotatable bonds is 5. The van der Waals surface area contributed by atoms with Gasteiger partial charge in [0.15, 0.2) is 0 Å². The van der Waals surface area contributed by atoms with Crippen LogP contribution in [0.25, 0.3) is 5.69 Å². The van der Waals surface area contributed by atoms with Crippen molar-refractivity contribution in [3.63, 3.8) is 0 Å². The lowest BCUT2D eigenvalue weighted by Crippen LogP contribution is -2.16. The van der Waals surface area contributed by atoms with E-state index in [-0.39, 0.29) is 5.91 Å². The van der Waals surface area contributed by atoms with E-state index >= 15 is 0 Å². The highest BCUT2D eigenvalue weighted by Crippen LogP contribution is 2.39. The first-order valence-electron chi connectivity index (χ1n) is 8.42. The van der Waals surface area contributed by atoms with Crippen LogP contribution in [-0.4, -0.2) is 25.9 Å². The summed E-state index contributed by atoms with van der Waals surface area (Å²) in [4.78, 5) is 12.8. The smallest absolute Gasteiger partial charge is 0.276 e. The summed E-state index contributed by atoms with van der Waals surface area (Å²) in [5.41, 5.74) is 2.38. The van der Waals surface area contributed by atoms with E-state index in [2.05, 4.69) is 34.5 Å². The number of nitrogens with one attached hydrogen (secondary N) is 1. The van der Waals surface area contributed by atoms with E-state index in [1.165, 1.54) is 11.3 Å². The Labute approximate surface area is 149 Å². The molecule has 2 aromatic heterocycles. The Balaban J connectivity index is 1.64. The van der Waals surface area contributed by atoms with Crippen LogP contribution in [0.2, 0.25) is 0 Å². The molecule has 1 aromatic carbocycles. The van der Waals surface area contributed by atoms with Crippen LogP contribution in [0.4, 0.5) is 5.13 Å². The molecule has 6 nitrogen and oxygen atoms in total. The summed E-state index contributed by atoms with van der Waals surface area (Å²) in [6, 6.07) is 11.6. The number of anilines is 1. The lowest BCUT2D eigenvalue weighted by atomic mass is 10.2. The summed E-state index contributed by atoms with van der Waals surface area (Å²) in [7, 11) is 0. The minimum atomic E-state index is -0.213. The summed E-state index contributed by atoms with van der Waals surface area (Å²) in [5.74, 6) is 0.555. The Bertz CT molecular complexity index is 895. The molecule has 0 bridgehead atoms. The monoisotopic (exact) mass is 353 g/mol. The maximum absolute atomic E-state index is 12.8. The number of carbonyl (C=O) groups is 1. The number of hydrogen-bond donors (Lipinski definition) is 1. The van der Waals surface area contributed by atoms with Crippen LogP contribution in [0, 0.1) is 0 Å². The molecule has 7 heteroatoms. The molecule has 1 N–H and O–H groups in total. The number of carbonyl (C=O) groups excluding carboxylic acids is 1. The maximum Gasteiger partial charge on any atom is 0.276 e. The minimum Gasteiger partial charge on any atom is -0.295 e. The van der Waals surface area contributed by atoms with Gasteiger partial charge in [-0.1, -0.05) is 43.4 Å². The van der Waals surface area contributed by atoms with Gasteiger partial charge >= 0.3 is 0 Å². The Morgan fingerprint density at radius 2 is 2.00 bits per heavy atom. The summed E-state index contributed by atoms with van der Waals surface area (Å²) >= 11 is 1.41. The zero-order valence-corrected chi connectivity index (χ0v) is 15.0. The lowest BCUT2D eigenvalue weighted by molar-refractivity contribution is 0.101. The van der Waals surface area contributed by atoms with Gasteiger partial charge in [-0.2, -0.15) is 5.10 Å². The van der Waals surface area contributed by atoms with E-state index < -0.39 is 0 Å². The largest absolute Gasteiger partial charge is 0.295 e. The highest BCUT2D eigenvalue weighted by atomic mass is 32.1. The van der Waals surface area contributed by atoms with Gasteiger partial charge in [-0.05, 0) is 31.0 Å². The summed E-state index contributed by atoms with van der Waals surface area (Å²) in [6.45, 7) is 4.11. The zero-order chi connectivity index (χ0) is 17.4. The SMILES string of the molecule is CC(C)c1nnc(NC(=O)c2cc(C3CC3)nn2-c2ccccc2)s1. The standard InChI is InChI=1S/C18H19N5OS/c1-11(2)17-20-21-18(25-17)19-16(24)15-10-14(12-8-9-12)22-23(15)13-6-4-3-5-7-13/h3-7,10-12H,8-9H2,1-2H3,(H,19,21,24). The van der Waals surface area contributed by atoms with Crippen LogP contribution in [-0.2, 0) is 0 Å². The predicted molar refractivity (Wildman–Crippen MR) is 97.5 cm³/mol. The van der Waals surface area contributed by atoms with E-state index in [1.54, 1.807) is 4.68 Å². The normalized spacial score (nSPS) is 14.0. The molecule has 1 fully saturated rings. The molecule has 128 valence electrons. The van der Waals surface area contributed by atoms with Crippen LogP contribution in [0.3, 0.4) is 0 Å². The molecule has 0 aliphatic heterocycles. The van der Waals surface area contributed by atoms with Gasteiger partial charge in [0.05, 0.1) is 11.4 Å². The molecule has 1 amide bonds. The van der Waals surface area contributed by atoms with Gasteiger partial charge in [-0.3, -0.25) is 10.1 Å². The third-order valence-electron chi connectivity index (χ3n) is 4.11. The van der Waals surface area contributed by atoms with Gasteiger partial charge in [0, 0.05) is 11.8 Å². The number of nitrogens with zero attached hydrogens (tertiary/aromatic N) is 4. The molecule has 0 atom stereocenters. The molecular weight excluding hydrogens is 334 g/mol. The van der Waals surface area contributed by atoms with Gasteiger partial charge in [0.25, 0.3) is 5.91 Å². The van der Waals surface area contributed by atoms with Crippen LogP contribution in [0.15, 0.2) is 36.4 Å². The first kappa shape index (κ1) is 16.0. The second kappa shape index (κ2) is 6.40. The first-order chi connectivity index (χ1) is 12.1. The third-order valence-corrected chi connectivity index (χ3v) is 5.25. The van der Waals surface area contributed by atoms with Crippen LogP contribution in [0.5, 0.6) is 0 Å². The molecular formula is C18H19N5OS. The fourth-order valence-electron chi connectivity index (χ4n) is 2.59. The molecule has 1 saturated carbocycles. The molecule has 0 radical (unpaired) electrons. The molecule has 4 rings (SSSR count). The van der Waals surface area contributed by atoms with Gasteiger partial charge in [0.2, 0.25) is 5.13 Å². The molecule has 1 aliphatic carbocycles. The molecule has 0 unspecified atom stereocenters. The van der Waals surface area contributed by atoms with Crippen LogP contribution < -0.4 is 5.32 Å². The van der Waals surface area contributed by atoms with E-state index in [9.17, 15) is 4.79 Å². The van der Waals surface area contributed by atoms with Gasteiger partial charge in [-0.15, -0.1) is 10.2 Å². The lowest BCUT2D eigenvalue weighted by Gasteiger charge is -2.06. The van der Waals surface area contributed by atoms with Crippen LogP contribution in [0.1, 0.15) is 59.7 Å². The second-order valence-corrected chi connectivity index (χ2v) is 7.54. The summed E-state index contributed by atoms with van der Waals surface area (Å²) in [5, 5.41) is 17.1. The average Bonchev–Trinajstić information content (AvgIpc) is 3.19. The van der Waals surface area contributed by atoms with Crippen molar-refractivity contribution in [2.45, 2.75) is 38.5 Å². The highest BCUT2D eigenvalue weighted by molar-refractivity contribution is 7.15. The molecule has 3 aromatic rings. The minimum absolute atomic E-state index is 0.213. The fourth-order valence-corrected chi connectivity index (χ4v) is 3.33. The Morgan fingerprint density at radius 3 is 2.64 bits per heavy atom. The van der Waals surface area contributed by atoms with Crippen molar-refractivity contribution in [2.24, 2.45) is 0 Å². The van der Waals surface area contributed by atoms with Crippen LogP contribution >= 0.6 is 11.3 Å². The predicted octanol–water partition coefficient (Wildman–Crippen LogP) is 3.98. The van der Waals surface area contributed by atoms with Crippen molar-refractivity contribution in [2.75, 3.05) is 5.32 Å². The Hall–Kier alpha value is -2.54. The third kappa shape index (κ3) is 3.32. The zero-order valence-electron chi connectivity index (χ0n) is 14.1. The topological polar surface area (TPSA) is 72.7 Å². The fraction of sp³-hybridized carbons (Fsp3) is 0.333. The summed E-state index contributed by atoms with van der Waals surface area (Å²) < 4.78 is 1.72. The van der Waals surface area contributed by atoms with Gasteiger partial charge in [0.1, 0.15) is 10.7 Å². The van der Waals surface area contributed by atoms with Gasteiger partial charge in [-0.25, -0.2) is 4.68 Å².